The van der Waals surface area contributed by atoms with Gasteiger partial charge in [0, 0.05) is 63.8 Å². The van der Waals surface area contributed by atoms with Crippen LogP contribution in [0.4, 0.5) is 10.1 Å². The predicted molar refractivity (Wildman–Crippen MR) is 135 cm³/mol. The first kappa shape index (κ1) is 24.5. The average Bonchev–Trinajstić information content (AvgIpc) is 3.21. The van der Waals surface area contributed by atoms with Gasteiger partial charge in [0.15, 0.2) is 5.96 Å². The number of hydrogen-bond acceptors (Lipinski definition) is 4. The summed E-state index contributed by atoms with van der Waals surface area (Å²) in [4.78, 5) is 8.93. The van der Waals surface area contributed by atoms with Crippen LogP contribution in [-0.2, 0) is 11.3 Å². The van der Waals surface area contributed by atoms with Crippen LogP contribution in [0.5, 0.6) is 0 Å². The lowest BCUT2D eigenvalue weighted by Crippen LogP contribution is -2.67. The number of likely N-dealkylation sites (N-methyl/N-ethyl adjacent to an activating group) is 1. The Kier molecular flexibility index (Phi) is 8.07. The maximum absolute atomic E-state index is 14.8. The topological polar surface area (TPSA) is 52.1 Å². The number of nitrogens with one attached hydrogen (secondary N) is 2. The summed E-state index contributed by atoms with van der Waals surface area (Å²) in [5.74, 6) is 1.16. The third-order valence-corrected chi connectivity index (χ3v) is 7.25. The summed E-state index contributed by atoms with van der Waals surface area (Å²) in [5.41, 5.74) is 1.72. The molecule has 6 nitrogen and oxygen atoms in total. The summed E-state index contributed by atoms with van der Waals surface area (Å²) < 4.78 is 20.7. The largest absolute Gasteiger partial charge is 0.377 e. The Labute approximate surface area is 203 Å². The fourth-order valence-corrected chi connectivity index (χ4v) is 5.37. The number of halogens is 2. The zero-order valence-corrected chi connectivity index (χ0v) is 21.5. The van der Waals surface area contributed by atoms with E-state index in [0.717, 1.165) is 57.3 Å². The summed E-state index contributed by atoms with van der Waals surface area (Å²) in [6.45, 7) is 12.9. The van der Waals surface area contributed by atoms with Gasteiger partial charge in [0.2, 0.25) is 0 Å². The van der Waals surface area contributed by atoms with Crippen LogP contribution in [0.3, 0.4) is 0 Å². The lowest BCUT2D eigenvalue weighted by atomic mass is 9.57. The van der Waals surface area contributed by atoms with E-state index in [2.05, 4.69) is 46.2 Å². The molecule has 3 aliphatic rings. The van der Waals surface area contributed by atoms with Gasteiger partial charge < -0.3 is 25.2 Å². The second kappa shape index (κ2) is 10.2. The van der Waals surface area contributed by atoms with Crippen molar-refractivity contribution in [1.29, 1.82) is 0 Å². The van der Waals surface area contributed by atoms with Gasteiger partial charge in [-0.2, -0.15) is 0 Å². The fourth-order valence-electron chi connectivity index (χ4n) is 5.37. The molecule has 3 fully saturated rings. The smallest absolute Gasteiger partial charge is 0.191 e. The van der Waals surface area contributed by atoms with Crippen LogP contribution in [0.15, 0.2) is 23.2 Å². The summed E-state index contributed by atoms with van der Waals surface area (Å²) in [6, 6.07) is 5.92. The molecule has 0 amide bonds. The SMILES string of the molecule is CCN1CCN(c2ccc(CNC(=NC)NC3C4CCOC4C3(C)C)cc2F)CC1.I. The molecule has 1 aromatic carbocycles. The number of aliphatic imine (C=N–C) groups is 1. The molecule has 0 radical (unpaired) electrons. The Morgan fingerprint density at radius 3 is 2.65 bits per heavy atom. The van der Waals surface area contributed by atoms with Gasteiger partial charge in [-0.15, -0.1) is 24.0 Å². The Morgan fingerprint density at radius 2 is 2.00 bits per heavy atom. The molecule has 2 saturated heterocycles. The number of nitrogens with zero attached hydrogens (tertiary/aromatic N) is 3. The van der Waals surface area contributed by atoms with Gasteiger partial charge in [0.1, 0.15) is 5.82 Å². The van der Waals surface area contributed by atoms with E-state index in [1.165, 1.54) is 0 Å². The molecule has 0 bridgehead atoms. The van der Waals surface area contributed by atoms with E-state index < -0.39 is 0 Å². The molecule has 2 N–H and O–H groups in total. The first-order valence-electron chi connectivity index (χ1n) is 11.3. The van der Waals surface area contributed by atoms with Crippen molar-refractivity contribution in [3.63, 3.8) is 0 Å². The van der Waals surface area contributed by atoms with E-state index in [1.54, 1.807) is 13.1 Å². The molecule has 3 unspecified atom stereocenters. The Morgan fingerprint density at radius 1 is 1.26 bits per heavy atom. The third kappa shape index (κ3) is 4.95. The van der Waals surface area contributed by atoms with Crippen molar-refractivity contribution in [2.45, 2.75) is 45.9 Å². The zero-order valence-electron chi connectivity index (χ0n) is 19.2. The highest BCUT2D eigenvalue weighted by Crippen LogP contribution is 2.52. The Hall–Kier alpha value is -1.13. The van der Waals surface area contributed by atoms with E-state index in [-0.39, 0.29) is 35.2 Å². The molecule has 31 heavy (non-hydrogen) atoms. The maximum atomic E-state index is 14.8. The summed E-state index contributed by atoms with van der Waals surface area (Å²) in [7, 11) is 1.78. The van der Waals surface area contributed by atoms with Gasteiger partial charge in [-0.1, -0.05) is 26.8 Å². The Bertz CT molecular complexity index is 781. The van der Waals surface area contributed by atoms with Gasteiger partial charge in [-0.3, -0.25) is 4.99 Å². The molecule has 2 heterocycles. The molecule has 0 aromatic heterocycles. The number of benzene rings is 1. The predicted octanol–water partition coefficient (Wildman–Crippen LogP) is 3.06. The van der Waals surface area contributed by atoms with Crippen molar-refractivity contribution >= 4 is 35.6 Å². The van der Waals surface area contributed by atoms with E-state index in [1.807, 2.05) is 12.1 Å². The molecule has 3 atom stereocenters. The van der Waals surface area contributed by atoms with Crippen LogP contribution in [0.1, 0.15) is 32.8 Å². The number of rotatable bonds is 5. The Balaban J connectivity index is 0.00000272. The van der Waals surface area contributed by atoms with Crippen LogP contribution < -0.4 is 15.5 Å². The number of piperazine rings is 1. The second-order valence-corrected chi connectivity index (χ2v) is 9.32. The van der Waals surface area contributed by atoms with Crippen LogP contribution in [0, 0.1) is 17.2 Å². The van der Waals surface area contributed by atoms with Crippen molar-refractivity contribution in [3.8, 4) is 0 Å². The number of guanidine groups is 1. The molecule has 1 aromatic rings. The van der Waals surface area contributed by atoms with Crippen LogP contribution in [0.2, 0.25) is 0 Å². The minimum absolute atomic E-state index is 0. The van der Waals surface area contributed by atoms with E-state index >= 15 is 0 Å². The zero-order chi connectivity index (χ0) is 21.3. The first-order chi connectivity index (χ1) is 14.4. The van der Waals surface area contributed by atoms with Gasteiger partial charge in [0.05, 0.1) is 11.8 Å². The standard InChI is InChI=1S/C23H36FN5O.HI/c1-5-28-9-11-29(12-10-28)19-7-6-16(14-18(19)24)15-26-22(25-4)27-20-17-8-13-30-21(17)23(20,2)3;/h6-7,14,17,20-21H,5,8-13,15H2,1-4H3,(H2,25,26,27);1H. The van der Waals surface area contributed by atoms with Crippen molar-refractivity contribution in [3.05, 3.63) is 29.6 Å². The lowest BCUT2D eigenvalue weighted by Gasteiger charge is -2.54. The summed E-state index contributed by atoms with van der Waals surface area (Å²) in [5, 5.41) is 6.93. The van der Waals surface area contributed by atoms with Gasteiger partial charge in [-0.25, -0.2) is 4.39 Å². The van der Waals surface area contributed by atoms with Crippen molar-refractivity contribution in [2.75, 3.05) is 51.3 Å². The summed E-state index contributed by atoms with van der Waals surface area (Å²) >= 11 is 0. The van der Waals surface area contributed by atoms with Crippen LogP contribution in [-0.4, -0.2) is 69.4 Å². The van der Waals surface area contributed by atoms with Crippen LogP contribution >= 0.6 is 24.0 Å². The third-order valence-electron chi connectivity index (χ3n) is 7.25. The monoisotopic (exact) mass is 545 g/mol. The first-order valence-corrected chi connectivity index (χ1v) is 11.3. The lowest BCUT2D eigenvalue weighted by molar-refractivity contribution is -0.106. The van der Waals surface area contributed by atoms with Gasteiger partial charge in [-0.05, 0) is 30.7 Å². The highest BCUT2D eigenvalue weighted by molar-refractivity contribution is 14.0. The second-order valence-electron chi connectivity index (χ2n) is 9.32. The highest BCUT2D eigenvalue weighted by atomic mass is 127. The normalized spacial score (nSPS) is 27.8. The van der Waals surface area contributed by atoms with Gasteiger partial charge >= 0.3 is 0 Å². The summed E-state index contributed by atoms with van der Waals surface area (Å²) in [6.07, 6.45) is 1.44. The van der Waals surface area contributed by atoms with E-state index in [4.69, 9.17) is 4.74 Å². The van der Waals surface area contributed by atoms with Crippen molar-refractivity contribution in [1.82, 2.24) is 15.5 Å². The molecular formula is C23H37FIN5O. The van der Waals surface area contributed by atoms with Crippen molar-refractivity contribution in [2.24, 2.45) is 16.3 Å². The average molecular weight is 545 g/mol. The molecule has 2 aliphatic heterocycles. The van der Waals surface area contributed by atoms with E-state index in [9.17, 15) is 4.39 Å². The molecule has 0 spiro atoms. The molecule has 1 saturated carbocycles. The number of anilines is 1. The highest BCUT2D eigenvalue weighted by Gasteiger charge is 2.59. The molecular weight excluding hydrogens is 508 g/mol. The van der Waals surface area contributed by atoms with E-state index in [0.29, 0.717) is 30.3 Å². The minimum atomic E-state index is -0.145. The number of fused-ring (bicyclic) bond motifs is 1. The molecule has 8 heteroatoms. The quantitative estimate of drug-likeness (QED) is 0.339. The minimum Gasteiger partial charge on any atom is -0.377 e. The van der Waals surface area contributed by atoms with Crippen LogP contribution in [0.25, 0.3) is 0 Å². The number of hydrogen-bond donors (Lipinski definition) is 2. The molecule has 1 aliphatic carbocycles. The molecule has 4 rings (SSSR count). The molecule has 174 valence electrons. The maximum Gasteiger partial charge on any atom is 0.191 e. The fraction of sp³-hybridized carbons (Fsp3) is 0.696. The van der Waals surface area contributed by atoms with Crippen molar-refractivity contribution < 1.29 is 9.13 Å². The van der Waals surface area contributed by atoms with Gasteiger partial charge in [0.25, 0.3) is 0 Å². The number of ether oxygens (including phenoxy) is 1.